The standard InChI is InChI=1S/C14H24N2O2S/c1-11(2)15-9-12(3)16-10-13-5-7-14(8-6-13)19(4,17)18/h5-8,11-12,15-16H,9-10H2,1-4H3. The number of hydrogen-bond donors (Lipinski definition) is 2. The van der Waals surface area contributed by atoms with Crippen molar-refractivity contribution in [3.63, 3.8) is 0 Å². The first-order valence-corrected chi connectivity index (χ1v) is 8.44. The molecule has 0 spiro atoms. The highest BCUT2D eigenvalue weighted by Crippen LogP contribution is 2.10. The Labute approximate surface area is 116 Å². The number of sulfone groups is 1. The van der Waals surface area contributed by atoms with Crippen molar-refractivity contribution in [2.75, 3.05) is 12.8 Å². The van der Waals surface area contributed by atoms with Crippen LogP contribution in [-0.4, -0.2) is 33.3 Å². The summed E-state index contributed by atoms with van der Waals surface area (Å²) in [6.07, 6.45) is 1.22. The Kier molecular flexibility index (Phi) is 5.97. The summed E-state index contributed by atoms with van der Waals surface area (Å²) in [6.45, 7) is 8.03. The van der Waals surface area contributed by atoms with Gasteiger partial charge in [-0.25, -0.2) is 8.42 Å². The molecule has 0 amide bonds. The van der Waals surface area contributed by atoms with Gasteiger partial charge in [0.1, 0.15) is 0 Å². The highest BCUT2D eigenvalue weighted by atomic mass is 32.2. The van der Waals surface area contributed by atoms with Gasteiger partial charge in [-0.3, -0.25) is 0 Å². The fraction of sp³-hybridized carbons (Fsp3) is 0.571. The lowest BCUT2D eigenvalue weighted by Gasteiger charge is -2.16. The maximum atomic E-state index is 11.3. The number of rotatable bonds is 7. The minimum absolute atomic E-state index is 0.366. The van der Waals surface area contributed by atoms with Crippen molar-refractivity contribution in [3.8, 4) is 0 Å². The molecule has 0 bridgehead atoms. The van der Waals surface area contributed by atoms with Crippen LogP contribution in [0.25, 0.3) is 0 Å². The van der Waals surface area contributed by atoms with Crippen molar-refractivity contribution in [3.05, 3.63) is 29.8 Å². The molecule has 2 N–H and O–H groups in total. The minimum Gasteiger partial charge on any atom is -0.313 e. The molecular weight excluding hydrogens is 260 g/mol. The van der Waals surface area contributed by atoms with Crippen molar-refractivity contribution in [2.24, 2.45) is 0 Å². The van der Waals surface area contributed by atoms with Crippen molar-refractivity contribution < 1.29 is 8.42 Å². The Balaban J connectivity index is 2.46. The Morgan fingerprint density at radius 2 is 1.63 bits per heavy atom. The second-order valence-electron chi connectivity index (χ2n) is 5.26. The lowest BCUT2D eigenvalue weighted by Crippen LogP contribution is -2.38. The van der Waals surface area contributed by atoms with Crippen LogP contribution >= 0.6 is 0 Å². The summed E-state index contributed by atoms with van der Waals surface area (Å²) < 4.78 is 22.7. The second-order valence-corrected chi connectivity index (χ2v) is 7.28. The normalized spacial score (nSPS) is 13.7. The van der Waals surface area contributed by atoms with E-state index < -0.39 is 9.84 Å². The average molecular weight is 284 g/mol. The molecular formula is C14H24N2O2S. The molecule has 1 aromatic rings. The van der Waals surface area contributed by atoms with Crippen molar-refractivity contribution in [1.82, 2.24) is 10.6 Å². The number of hydrogen-bond acceptors (Lipinski definition) is 4. The topological polar surface area (TPSA) is 58.2 Å². The molecule has 0 aliphatic carbocycles. The van der Waals surface area contributed by atoms with Gasteiger partial charge in [0.2, 0.25) is 0 Å². The van der Waals surface area contributed by atoms with Crippen molar-refractivity contribution >= 4 is 9.84 Å². The van der Waals surface area contributed by atoms with Gasteiger partial charge >= 0.3 is 0 Å². The number of nitrogens with one attached hydrogen (secondary N) is 2. The molecule has 19 heavy (non-hydrogen) atoms. The predicted octanol–water partition coefficient (Wildman–Crippen LogP) is 1.57. The minimum atomic E-state index is -3.10. The summed E-state index contributed by atoms with van der Waals surface area (Å²) in [4.78, 5) is 0.366. The van der Waals surface area contributed by atoms with Crippen LogP contribution in [0.4, 0.5) is 0 Å². The van der Waals surface area contributed by atoms with E-state index in [1.807, 2.05) is 12.1 Å². The van der Waals surface area contributed by atoms with Crippen LogP contribution in [-0.2, 0) is 16.4 Å². The van der Waals surface area contributed by atoms with Crippen LogP contribution in [0, 0.1) is 0 Å². The summed E-state index contributed by atoms with van der Waals surface area (Å²) in [7, 11) is -3.10. The largest absolute Gasteiger partial charge is 0.313 e. The fourth-order valence-corrected chi connectivity index (χ4v) is 2.26. The van der Waals surface area contributed by atoms with Crippen molar-refractivity contribution in [2.45, 2.75) is 44.3 Å². The molecule has 5 heteroatoms. The number of benzene rings is 1. The van der Waals surface area contributed by atoms with Gasteiger partial charge in [-0.1, -0.05) is 26.0 Å². The van der Waals surface area contributed by atoms with Gasteiger partial charge < -0.3 is 10.6 Å². The van der Waals surface area contributed by atoms with Gasteiger partial charge in [-0.05, 0) is 24.6 Å². The Hall–Kier alpha value is -0.910. The van der Waals surface area contributed by atoms with Gasteiger partial charge in [0.25, 0.3) is 0 Å². The average Bonchev–Trinajstić information content (AvgIpc) is 2.33. The summed E-state index contributed by atoms with van der Waals surface area (Å²) >= 11 is 0. The molecule has 1 aromatic carbocycles. The monoisotopic (exact) mass is 284 g/mol. The van der Waals surface area contributed by atoms with E-state index in [-0.39, 0.29) is 0 Å². The molecule has 4 nitrogen and oxygen atoms in total. The quantitative estimate of drug-likeness (QED) is 0.798. The van der Waals surface area contributed by atoms with Gasteiger partial charge in [0.15, 0.2) is 9.84 Å². The van der Waals surface area contributed by atoms with E-state index in [2.05, 4.69) is 31.4 Å². The molecule has 0 fully saturated rings. The molecule has 0 aliphatic heterocycles. The van der Waals surface area contributed by atoms with Crippen LogP contribution in [0.1, 0.15) is 26.3 Å². The zero-order chi connectivity index (χ0) is 14.5. The van der Waals surface area contributed by atoms with Crippen LogP contribution in [0.15, 0.2) is 29.2 Å². The first-order chi connectivity index (χ1) is 8.79. The first-order valence-electron chi connectivity index (χ1n) is 6.55. The molecule has 0 saturated heterocycles. The third kappa shape index (κ3) is 6.18. The zero-order valence-corrected chi connectivity index (χ0v) is 12.9. The SMILES string of the molecule is CC(C)NCC(C)NCc1ccc(S(C)(=O)=O)cc1. The second kappa shape index (κ2) is 7.03. The maximum absolute atomic E-state index is 11.3. The molecule has 0 heterocycles. The van der Waals surface area contributed by atoms with Gasteiger partial charge in [-0.15, -0.1) is 0 Å². The lowest BCUT2D eigenvalue weighted by molar-refractivity contribution is 0.474. The summed E-state index contributed by atoms with van der Waals surface area (Å²) in [5, 5.41) is 6.77. The van der Waals surface area contributed by atoms with Crippen LogP contribution in [0.3, 0.4) is 0 Å². The smallest absolute Gasteiger partial charge is 0.175 e. The lowest BCUT2D eigenvalue weighted by atomic mass is 10.2. The van der Waals surface area contributed by atoms with Gasteiger partial charge in [-0.2, -0.15) is 0 Å². The fourth-order valence-electron chi connectivity index (χ4n) is 1.63. The third-order valence-electron chi connectivity index (χ3n) is 2.84. The highest BCUT2D eigenvalue weighted by Gasteiger charge is 2.06. The summed E-state index contributed by atoms with van der Waals surface area (Å²) in [5.41, 5.74) is 1.09. The van der Waals surface area contributed by atoms with Gasteiger partial charge in [0.05, 0.1) is 4.90 Å². The molecule has 0 saturated carbocycles. The zero-order valence-electron chi connectivity index (χ0n) is 12.1. The van der Waals surface area contributed by atoms with Gasteiger partial charge in [0, 0.05) is 31.4 Å². The molecule has 0 aromatic heterocycles. The van der Waals surface area contributed by atoms with E-state index in [0.29, 0.717) is 17.0 Å². The van der Waals surface area contributed by atoms with E-state index in [9.17, 15) is 8.42 Å². The Bertz CT molecular complexity index is 481. The summed E-state index contributed by atoms with van der Waals surface area (Å²) in [5.74, 6) is 0. The van der Waals surface area contributed by atoms with E-state index >= 15 is 0 Å². The molecule has 1 rings (SSSR count). The first kappa shape index (κ1) is 16.1. The molecule has 0 radical (unpaired) electrons. The third-order valence-corrected chi connectivity index (χ3v) is 3.97. The highest BCUT2D eigenvalue weighted by molar-refractivity contribution is 7.90. The van der Waals surface area contributed by atoms with E-state index in [4.69, 9.17) is 0 Å². The molecule has 1 unspecified atom stereocenters. The van der Waals surface area contributed by atoms with Crippen LogP contribution < -0.4 is 10.6 Å². The molecule has 108 valence electrons. The Morgan fingerprint density at radius 3 is 2.11 bits per heavy atom. The van der Waals surface area contributed by atoms with E-state index in [0.717, 1.165) is 18.7 Å². The maximum Gasteiger partial charge on any atom is 0.175 e. The van der Waals surface area contributed by atoms with E-state index in [1.54, 1.807) is 12.1 Å². The molecule has 1 atom stereocenters. The van der Waals surface area contributed by atoms with Crippen molar-refractivity contribution in [1.29, 1.82) is 0 Å². The summed E-state index contributed by atoms with van der Waals surface area (Å²) in [6, 6.07) is 7.88. The van der Waals surface area contributed by atoms with E-state index in [1.165, 1.54) is 6.26 Å². The van der Waals surface area contributed by atoms with Crippen LogP contribution in [0.2, 0.25) is 0 Å². The Morgan fingerprint density at radius 1 is 1.05 bits per heavy atom. The predicted molar refractivity (Wildman–Crippen MR) is 79.0 cm³/mol. The molecule has 0 aliphatic rings. The van der Waals surface area contributed by atoms with Crippen LogP contribution in [0.5, 0.6) is 0 Å².